The van der Waals surface area contributed by atoms with Crippen molar-refractivity contribution in [2.24, 2.45) is 0 Å². The standard InChI is InChI=1S/C14H11N5OS/c15-8-10-12(9-3-5-16-6-4-9)17-14-19(10)18-13(21-14)11-2-1-7-20-11/h3-6,11H,1-2,7H2. The van der Waals surface area contributed by atoms with E-state index in [0.29, 0.717) is 11.4 Å². The molecule has 1 aliphatic heterocycles. The summed E-state index contributed by atoms with van der Waals surface area (Å²) >= 11 is 1.49. The first kappa shape index (κ1) is 12.4. The van der Waals surface area contributed by atoms with Crippen molar-refractivity contribution in [3.63, 3.8) is 0 Å². The number of nitriles is 1. The molecule has 21 heavy (non-hydrogen) atoms. The van der Waals surface area contributed by atoms with Crippen molar-refractivity contribution in [1.29, 1.82) is 5.26 Å². The van der Waals surface area contributed by atoms with Crippen molar-refractivity contribution in [2.75, 3.05) is 6.61 Å². The van der Waals surface area contributed by atoms with Crippen molar-refractivity contribution in [1.82, 2.24) is 19.6 Å². The molecule has 0 aromatic carbocycles. The van der Waals surface area contributed by atoms with Gasteiger partial charge in [0.25, 0.3) is 0 Å². The average Bonchev–Trinajstić information content (AvgIpc) is 3.22. The molecule has 4 rings (SSSR count). The molecule has 1 atom stereocenters. The lowest BCUT2D eigenvalue weighted by Gasteiger charge is -2.02. The highest BCUT2D eigenvalue weighted by Crippen LogP contribution is 2.33. The van der Waals surface area contributed by atoms with Crippen LogP contribution in [0.4, 0.5) is 0 Å². The van der Waals surface area contributed by atoms with Gasteiger partial charge in [0.1, 0.15) is 22.9 Å². The third-order valence-electron chi connectivity index (χ3n) is 3.48. The van der Waals surface area contributed by atoms with Crippen molar-refractivity contribution in [3.8, 4) is 17.3 Å². The van der Waals surface area contributed by atoms with Crippen LogP contribution in [0.25, 0.3) is 16.2 Å². The molecule has 0 aliphatic carbocycles. The predicted octanol–water partition coefficient (Wildman–Crippen LogP) is 2.58. The van der Waals surface area contributed by atoms with Crippen LogP contribution in [0.5, 0.6) is 0 Å². The van der Waals surface area contributed by atoms with Crippen LogP contribution in [0.15, 0.2) is 24.5 Å². The number of fused-ring (bicyclic) bond motifs is 1. The average molecular weight is 297 g/mol. The molecule has 3 aromatic heterocycles. The van der Waals surface area contributed by atoms with Crippen molar-refractivity contribution in [2.45, 2.75) is 18.9 Å². The van der Waals surface area contributed by atoms with E-state index in [1.165, 1.54) is 11.3 Å². The second-order valence-electron chi connectivity index (χ2n) is 4.79. The third-order valence-corrected chi connectivity index (χ3v) is 4.48. The van der Waals surface area contributed by atoms with Gasteiger partial charge < -0.3 is 4.74 Å². The number of hydrogen-bond donors (Lipinski definition) is 0. The Labute approximate surface area is 124 Å². The van der Waals surface area contributed by atoms with Crippen LogP contribution < -0.4 is 0 Å². The van der Waals surface area contributed by atoms with E-state index in [1.807, 2.05) is 12.1 Å². The Kier molecular flexibility index (Phi) is 2.91. The summed E-state index contributed by atoms with van der Waals surface area (Å²) in [5.74, 6) is 0. The number of nitrogens with zero attached hydrogens (tertiary/aromatic N) is 5. The monoisotopic (exact) mass is 297 g/mol. The number of aromatic nitrogens is 4. The summed E-state index contributed by atoms with van der Waals surface area (Å²) in [4.78, 5) is 9.27. The second kappa shape index (κ2) is 4.91. The fourth-order valence-corrected chi connectivity index (χ4v) is 3.46. The van der Waals surface area contributed by atoms with Gasteiger partial charge in [-0.15, -0.1) is 0 Å². The molecule has 6 nitrogen and oxygen atoms in total. The number of imidazole rings is 1. The van der Waals surface area contributed by atoms with Gasteiger partial charge in [0, 0.05) is 24.6 Å². The van der Waals surface area contributed by atoms with Gasteiger partial charge in [-0.25, -0.2) is 4.98 Å². The molecular formula is C14H11N5OS. The van der Waals surface area contributed by atoms with Gasteiger partial charge in [0.15, 0.2) is 5.69 Å². The topological polar surface area (TPSA) is 76.1 Å². The molecule has 0 N–H and O–H groups in total. The van der Waals surface area contributed by atoms with Gasteiger partial charge in [-0.05, 0) is 25.0 Å². The van der Waals surface area contributed by atoms with E-state index in [4.69, 9.17) is 4.74 Å². The lowest BCUT2D eigenvalue weighted by atomic mass is 10.2. The maximum absolute atomic E-state index is 9.45. The van der Waals surface area contributed by atoms with Crippen LogP contribution in [-0.4, -0.2) is 26.2 Å². The van der Waals surface area contributed by atoms with Crippen LogP contribution in [-0.2, 0) is 4.74 Å². The Balaban J connectivity index is 1.84. The van der Waals surface area contributed by atoms with Crippen LogP contribution >= 0.6 is 11.3 Å². The summed E-state index contributed by atoms with van der Waals surface area (Å²) in [6.45, 7) is 0.778. The maximum atomic E-state index is 9.45. The Morgan fingerprint density at radius 3 is 2.95 bits per heavy atom. The number of ether oxygens (including phenoxy) is 1. The van der Waals surface area contributed by atoms with Crippen molar-refractivity contribution >= 4 is 16.3 Å². The quantitative estimate of drug-likeness (QED) is 0.726. The molecular weight excluding hydrogens is 286 g/mol. The highest BCUT2D eigenvalue weighted by atomic mass is 32.1. The summed E-state index contributed by atoms with van der Waals surface area (Å²) in [6.07, 6.45) is 5.47. The SMILES string of the molecule is N#Cc1c(-c2ccncc2)nc2sc(C3CCCO3)nn12. The van der Waals surface area contributed by atoms with Crippen molar-refractivity contribution in [3.05, 3.63) is 35.2 Å². The largest absolute Gasteiger partial charge is 0.371 e. The van der Waals surface area contributed by atoms with E-state index in [1.54, 1.807) is 16.9 Å². The molecule has 1 aliphatic rings. The molecule has 1 fully saturated rings. The minimum absolute atomic E-state index is 0.0487. The fraction of sp³-hybridized carbons (Fsp3) is 0.286. The summed E-state index contributed by atoms with van der Waals surface area (Å²) < 4.78 is 7.26. The van der Waals surface area contributed by atoms with Gasteiger partial charge in [-0.2, -0.15) is 14.9 Å². The van der Waals surface area contributed by atoms with E-state index in [0.717, 1.165) is 35.0 Å². The molecule has 1 saturated heterocycles. The Hall–Kier alpha value is -2.30. The molecule has 104 valence electrons. The Bertz CT molecular complexity index is 826. The normalized spacial score (nSPS) is 18.1. The van der Waals surface area contributed by atoms with Gasteiger partial charge in [-0.3, -0.25) is 4.98 Å². The molecule has 0 spiro atoms. The summed E-state index contributed by atoms with van der Waals surface area (Å²) in [7, 11) is 0. The zero-order valence-electron chi connectivity index (χ0n) is 11.1. The van der Waals surface area contributed by atoms with Crippen LogP contribution in [0.1, 0.15) is 29.6 Å². The zero-order chi connectivity index (χ0) is 14.2. The molecule has 4 heterocycles. The lowest BCUT2D eigenvalue weighted by molar-refractivity contribution is 0.111. The molecule has 1 unspecified atom stereocenters. The first-order chi connectivity index (χ1) is 10.4. The molecule has 0 saturated carbocycles. The second-order valence-corrected chi connectivity index (χ2v) is 5.78. The highest BCUT2D eigenvalue weighted by Gasteiger charge is 2.24. The first-order valence-electron chi connectivity index (χ1n) is 6.68. The Morgan fingerprint density at radius 1 is 1.38 bits per heavy atom. The number of rotatable bonds is 2. The van der Waals surface area contributed by atoms with Crippen LogP contribution in [0.2, 0.25) is 0 Å². The van der Waals surface area contributed by atoms with Crippen LogP contribution in [0.3, 0.4) is 0 Å². The number of pyridine rings is 1. The van der Waals surface area contributed by atoms with Gasteiger partial charge in [-0.1, -0.05) is 11.3 Å². The van der Waals surface area contributed by atoms with Crippen LogP contribution in [0, 0.1) is 11.3 Å². The van der Waals surface area contributed by atoms with E-state index in [9.17, 15) is 5.26 Å². The zero-order valence-corrected chi connectivity index (χ0v) is 11.9. The summed E-state index contributed by atoms with van der Waals surface area (Å²) in [5, 5.41) is 14.9. The van der Waals surface area contributed by atoms with Crippen molar-refractivity contribution < 1.29 is 4.74 Å². The lowest BCUT2D eigenvalue weighted by Crippen LogP contribution is -1.98. The molecule has 0 radical (unpaired) electrons. The predicted molar refractivity (Wildman–Crippen MR) is 76.7 cm³/mol. The number of hydrogen-bond acceptors (Lipinski definition) is 6. The minimum Gasteiger partial charge on any atom is -0.371 e. The summed E-state index contributed by atoms with van der Waals surface area (Å²) in [6, 6.07) is 5.89. The first-order valence-corrected chi connectivity index (χ1v) is 7.50. The maximum Gasteiger partial charge on any atom is 0.214 e. The molecule has 7 heteroatoms. The van der Waals surface area contributed by atoms with E-state index < -0.39 is 0 Å². The molecule has 0 amide bonds. The third kappa shape index (κ3) is 2.00. The van der Waals surface area contributed by atoms with E-state index in [-0.39, 0.29) is 6.10 Å². The van der Waals surface area contributed by atoms with Gasteiger partial charge in [0.05, 0.1) is 0 Å². The fourth-order valence-electron chi connectivity index (χ4n) is 2.48. The molecule has 3 aromatic rings. The smallest absolute Gasteiger partial charge is 0.214 e. The Morgan fingerprint density at radius 2 is 2.24 bits per heavy atom. The van der Waals surface area contributed by atoms with E-state index >= 15 is 0 Å². The minimum atomic E-state index is 0.0487. The highest BCUT2D eigenvalue weighted by molar-refractivity contribution is 7.16. The molecule has 0 bridgehead atoms. The van der Waals surface area contributed by atoms with Gasteiger partial charge >= 0.3 is 0 Å². The van der Waals surface area contributed by atoms with Gasteiger partial charge in [0.2, 0.25) is 4.96 Å². The van der Waals surface area contributed by atoms with E-state index in [2.05, 4.69) is 21.1 Å². The summed E-state index contributed by atoms with van der Waals surface area (Å²) in [5.41, 5.74) is 1.98.